The molecule has 1 N–H and O–H groups in total. The van der Waals surface area contributed by atoms with Crippen LogP contribution in [0.1, 0.15) is 31.8 Å². The quantitative estimate of drug-likeness (QED) is 0.298. The van der Waals surface area contributed by atoms with Gasteiger partial charge in [-0.25, -0.2) is 10.2 Å². The van der Waals surface area contributed by atoms with Crippen molar-refractivity contribution in [2.45, 2.75) is 6.92 Å². The molecule has 0 heterocycles. The summed E-state index contributed by atoms with van der Waals surface area (Å²) in [6, 6.07) is 20.5. The number of halogens is 1. The highest BCUT2D eigenvalue weighted by Gasteiger charge is 2.09. The molecule has 0 saturated heterocycles. The summed E-state index contributed by atoms with van der Waals surface area (Å²) < 4.78 is 5.31. The Kier molecular flexibility index (Phi) is 6.19. The number of hydrazone groups is 1. The van der Waals surface area contributed by atoms with E-state index in [9.17, 15) is 9.59 Å². The lowest BCUT2D eigenvalue weighted by Gasteiger charge is -2.05. The Balaban J connectivity index is 1.56. The van der Waals surface area contributed by atoms with E-state index in [1.807, 2.05) is 19.1 Å². The summed E-state index contributed by atoms with van der Waals surface area (Å²) in [5.74, 6) is -0.386. The maximum atomic E-state index is 12.1. The van der Waals surface area contributed by atoms with Crippen LogP contribution in [0.25, 0.3) is 0 Å². The lowest BCUT2D eigenvalue weighted by Crippen LogP contribution is -2.17. The van der Waals surface area contributed by atoms with E-state index in [4.69, 9.17) is 16.3 Å². The van der Waals surface area contributed by atoms with Gasteiger partial charge in [0.2, 0.25) is 0 Å². The molecule has 0 unspecified atom stereocenters. The molecule has 0 bridgehead atoms. The molecule has 0 atom stereocenters. The van der Waals surface area contributed by atoms with Crippen LogP contribution in [0.2, 0.25) is 5.02 Å². The van der Waals surface area contributed by atoms with E-state index >= 15 is 0 Å². The molecule has 0 aliphatic carbocycles. The van der Waals surface area contributed by atoms with Gasteiger partial charge in [-0.3, -0.25) is 4.79 Å². The average molecular weight is 393 g/mol. The normalized spacial score (nSPS) is 10.6. The number of ether oxygens (including phenoxy) is 1. The van der Waals surface area contributed by atoms with Gasteiger partial charge < -0.3 is 4.74 Å². The minimum absolute atomic E-state index is 0.289. The molecule has 3 aromatic carbocycles. The number of rotatable bonds is 5. The molecule has 28 heavy (non-hydrogen) atoms. The Labute approximate surface area is 167 Å². The third-order valence-corrected chi connectivity index (χ3v) is 4.08. The maximum absolute atomic E-state index is 12.1. The van der Waals surface area contributed by atoms with Crippen LogP contribution >= 0.6 is 11.6 Å². The van der Waals surface area contributed by atoms with Crippen molar-refractivity contribution in [2.75, 3.05) is 0 Å². The molecule has 1 amide bonds. The first-order chi connectivity index (χ1) is 13.5. The van der Waals surface area contributed by atoms with Crippen molar-refractivity contribution in [3.63, 3.8) is 0 Å². The van der Waals surface area contributed by atoms with E-state index < -0.39 is 5.97 Å². The summed E-state index contributed by atoms with van der Waals surface area (Å²) in [5, 5.41) is 4.41. The van der Waals surface area contributed by atoms with Gasteiger partial charge >= 0.3 is 5.97 Å². The number of benzene rings is 3. The molecule has 140 valence electrons. The first-order valence-corrected chi connectivity index (χ1v) is 8.87. The Morgan fingerprint density at radius 1 is 0.964 bits per heavy atom. The van der Waals surface area contributed by atoms with E-state index in [2.05, 4.69) is 10.5 Å². The fraction of sp³-hybridized carbons (Fsp3) is 0.0455. The van der Waals surface area contributed by atoms with Gasteiger partial charge in [0, 0.05) is 10.6 Å². The lowest BCUT2D eigenvalue weighted by atomic mass is 10.1. The number of amides is 1. The highest BCUT2D eigenvalue weighted by atomic mass is 35.5. The summed E-state index contributed by atoms with van der Waals surface area (Å²) >= 11 is 5.88. The number of nitrogens with zero attached hydrogens (tertiary/aromatic N) is 1. The minimum atomic E-state index is -0.491. The van der Waals surface area contributed by atoms with Crippen LogP contribution in [-0.4, -0.2) is 18.1 Å². The molecule has 0 radical (unpaired) electrons. The van der Waals surface area contributed by atoms with Crippen molar-refractivity contribution in [3.05, 3.63) is 100 Å². The Morgan fingerprint density at radius 3 is 2.36 bits per heavy atom. The summed E-state index contributed by atoms with van der Waals surface area (Å²) in [6.07, 6.45) is 1.51. The molecule has 6 heteroatoms. The zero-order valence-corrected chi connectivity index (χ0v) is 15.8. The van der Waals surface area contributed by atoms with Gasteiger partial charge in [-0.05, 0) is 67.1 Å². The average Bonchev–Trinajstić information content (AvgIpc) is 2.69. The molecule has 5 nitrogen and oxygen atoms in total. The predicted molar refractivity (Wildman–Crippen MR) is 109 cm³/mol. The van der Waals surface area contributed by atoms with Gasteiger partial charge in [0.25, 0.3) is 5.91 Å². The SMILES string of the molecule is Cc1ccc(C(=O)N/N=C/c2ccc(OC(=O)c3cccc(Cl)c3)cc2)cc1. The maximum Gasteiger partial charge on any atom is 0.343 e. The summed E-state index contributed by atoms with van der Waals surface area (Å²) in [5.41, 5.74) is 5.20. The zero-order valence-electron chi connectivity index (χ0n) is 15.1. The highest BCUT2D eigenvalue weighted by Crippen LogP contribution is 2.16. The number of carbonyl (C=O) groups excluding carboxylic acids is 2. The first-order valence-electron chi connectivity index (χ1n) is 8.49. The second-order valence-electron chi connectivity index (χ2n) is 6.03. The van der Waals surface area contributed by atoms with E-state index in [0.29, 0.717) is 21.9 Å². The second-order valence-corrected chi connectivity index (χ2v) is 6.47. The van der Waals surface area contributed by atoms with Crippen LogP contribution in [0.3, 0.4) is 0 Å². The van der Waals surface area contributed by atoms with Gasteiger partial charge in [0.1, 0.15) is 5.75 Å². The topological polar surface area (TPSA) is 67.8 Å². The largest absolute Gasteiger partial charge is 0.423 e. The first kappa shape index (κ1) is 19.3. The van der Waals surface area contributed by atoms with Gasteiger partial charge in [-0.2, -0.15) is 5.10 Å². The number of nitrogens with one attached hydrogen (secondary N) is 1. The van der Waals surface area contributed by atoms with Crippen molar-refractivity contribution in [1.82, 2.24) is 5.43 Å². The number of carbonyl (C=O) groups is 2. The zero-order chi connectivity index (χ0) is 19.9. The number of esters is 1. The van der Waals surface area contributed by atoms with E-state index in [1.165, 1.54) is 6.21 Å². The van der Waals surface area contributed by atoms with Crippen LogP contribution in [0.15, 0.2) is 77.9 Å². The summed E-state index contributed by atoms with van der Waals surface area (Å²) in [7, 11) is 0. The Morgan fingerprint density at radius 2 is 1.68 bits per heavy atom. The van der Waals surface area contributed by atoms with Gasteiger partial charge in [-0.1, -0.05) is 35.4 Å². The lowest BCUT2D eigenvalue weighted by molar-refractivity contribution is 0.0734. The standard InChI is InChI=1S/C22H17ClN2O3/c1-15-5-9-17(10-6-15)21(26)25-24-14-16-7-11-20(12-8-16)28-22(27)18-3-2-4-19(23)13-18/h2-14H,1H3,(H,25,26)/b24-14+. The fourth-order valence-corrected chi connectivity index (χ4v) is 2.53. The third-order valence-electron chi connectivity index (χ3n) is 3.84. The van der Waals surface area contributed by atoms with Gasteiger partial charge in [0.05, 0.1) is 11.8 Å². The second kappa shape index (κ2) is 8.97. The van der Waals surface area contributed by atoms with Crippen LogP contribution < -0.4 is 10.2 Å². The molecule has 0 spiro atoms. The molecule has 3 rings (SSSR count). The third kappa shape index (κ3) is 5.28. The molecule has 0 fully saturated rings. The summed E-state index contributed by atoms with van der Waals surface area (Å²) in [4.78, 5) is 24.1. The monoisotopic (exact) mass is 392 g/mol. The molecule has 0 aliphatic rings. The summed E-state index contributed by atoms with van der Waals surface area (Å²) in [6.45, 7) is 1.95. The number of hydrogen-bond acceptors (Lipinski definition) is 4. The van der Waals surface area contributed by atoms with Gasteiger partial charge in [-0.15, -0.1) is 0 Å². The van der Waals surface area contributed by atoms with Crippen molar-refractivity contribution in [1.29, 1.82) is 0 Å². The van der Waals surface area contributed by atoms with Crippen molar-refractivity contribution in [3.8, 4) is 5.75 Å². The Hall–Kier alpha value is -3.44. The molecule has 0 saturated carbocycles. The van der Waals surface area contributed by atoms with Crippen molar-refractivity contribution >= 4 is 29.7 Å². The van der Waals surface area contributed by atoms with Crippen LogP contribution in [0, 0.1) is 6.92 Å². The van der Waals surface area contributed by atoms with Gasteiger partial charge in [0.15, 0.2) is 0 Å². The number of hydrogen-bond donors (Lipinski definition) is 1. The van der Waals surface area contributed by atoms with Crippen LogP contribution in [0.4, 0.5) is 0 Å². The van der Waals surface area contributed by atoms with E-state index in [-0.39, 0.29) is 5.91 Å². The van der Waals surface area contributed by atoms with E-state index in [0.717, 1.165) is 11.1 Å². The van der Waals surface area contributed by atoms with Crippen LogP contribution in [-0.2, 0) is 0 Å². The molecule has 0 aromatic heterocycles. The Bertz CT molecular complexity index is 1010. The molecule has 0 aliphatic heterocycles. The number of aryl methyl sites for hydroxylation is 1. The molecule has 3 aromatic rings. The minimum Gasteiger partial charge on any atom is -0.423 e. The molecular weight excluding hydrogens is 376 g/mol. The van der Waals surface area contributed by atoms with E-state index in [1.54, 1.807) is 60.7 Å². The molecular formula is C22H17ClN2O3. The van der Waals surface area contributed by atoms with Crippen molar-refractivity contribution < 1.29 is 14.3 Å². The van der Waals surface area contributed by atoms with Crippen molar-refractivity contribution in [2.24, 2.45) is 5.10 Å². The smallest absolute Gasteiger partial charge is 0.343 e. The fourth-order valence-electron chi connectivity index (χ4n) is 2.34. The highest BCUT2D eigenvalue weighted by molar-refractivity contribution is 6.30. The predicted octanol–water partition coefficient (Wildman–Crippen LogP) is 4.63. The van der Waals surface area contributed by atoms with Crippen LogP contribution in [0.5, 0.6) is 5.75 Å².